The van der Waals surface area contributed by atoms with Crippen LogP contribution in [0.3, 0.4) is 0 Å². The van der Waals surface area contributed by atoms with Crippen molar-refractivity contribution in [3.8, 4) is 11.1 Å². The van der Waals surface area contributed by atoms with Crippen molar-refractivity contribution in [2.75, 3.05) is 17.8 Å². The molecule has 5 nitrogen and oxygen atoms in total. The Bertz CT molecular complexity index is 1070. The van der Waals surface area contributed by atoms with Crippen LogP contribution in [-0.2, 0) is 4.74 Å². The average molecular weight is 398 g/mol. The van der Waals surface area contributed by atoms with E-state index in [0.29, 0.717) is 17.1 Å². The number of rotatable bonds is 2. The van der Waals surface area contributed by atoms with Crippen molar-refractivity contribution >= 4 is 46.1 Å². The summed E-state index contributed by atoms with van der Waals surface area (Å²) in [4.78, 5) is 18.1. The van der Waals surface area contributed by atoms with Crippen LogP contribution < -0.4 is 10.0 Å². The number of fused-ring (bicyclic) bond motifs is 5. The summed E-state index contributed by atoms with van der Waals surface area (Å²) in [5, 5.41) is 4.75. The van der Waals surface area contributed by atoms with Crippen LogP contribution in [-0.4, -0.2) is 30.1 Å². The molecule has 3 aromatic rings. The van der Waals surface area contributed by atoms with Crippen LogP contribution in [0, 0.1) is 0 Å². The number of hydrogen-bond donors (Lipinski definition) is 2. The number of esters is 1. The van der Waals surface area contributed by atoms with E-state index < -0.39 is 0 Å². The molecule has 0 spiro atoms. The van der Waals surface area contributed by atoms with Gasteiger partial charge >= 0.3 is 5.97 Å². The third kappa shape index (κ3) is 2.94. The van der Waals surface area contributed by atoms with Crippen molar-refractivity contribution in [2.24, 2.45) is 0 Å². The lowest BCUT2D eigenvalue weighted by Gasteiger charge is -2.23. The predicted molar refractivity (Wildman–Crippen MR) is 108 cm³/mol. The summed E-state index contributed by atoms with van der Waals surface area (Å²) in [6.07, 6.45) is 2.55. The summed E-state index contributed by atoms with van der Waals surface area (Å²) in [7, 11) is 0. The summed E-state index contributed by atoms with van der Waals surface area (Å²) in [6.45, 7) is 1.60. The van der Waals surface area contributed by atoms with Gasteiger partial charge in [0, 0.05) is 34.2 Å². The third-order valence-electron chi connectivity index (χ3n) is 4.90. The summed E-state index contributed by atoms with van der Waals surface area (Å²) in [5.41, 5.74) is 4.19. The van der Waals surface area contributed by atoms with Gasteiger partial charge in [0.25, 0.3) is 0 Å². The Morgan fingerprint density at radius 2 is 2.19 bits per heavy atom. The number of halogens is 1. The molecule has 27 heavy (non-hydrogen) atoms. The summed E-state index contributed by atoms with van der Waals surface area (Å²) in [6, 6.07) is 11.4. The SMILES string of the molecule is O=C(OC1CCNC1)c1ccc2c(c1)-c1cc(Cl)c3cccnc3c1NS2. The van der Waals surface area contributed by atoms with Crippen molar-refractivity contribution in [3.05, 3.63) is 53.2 Å². The van der Waals surface area contributed by atoms with Gasteiger partial charge in [0.1, 0.15) is 6.10 Å². The van der Waals surface area contributed by atoms with Crippen molar-refractivity contribution < 1.29 is 9.53 Å². The average Bonchev–Trinajstić information content (AvgIpc) is 3.21. The maximum Gasteiger partial charge on any atom is 0.338 e. The molecule has 1 aromatic heterocycles. The highest BCUT2D eigenvalue weighted by Crippen LogP contribution is 2.47. The summed E-state index contributed by atoms with van der Waals surface area (Å²) < 4.78 is 8.98. The van der Waals surface area contributed by atoms with Crippen molar-refractivity contribution in [2.45, 2.75) is 17.4 Å². The van der Waals surface area contributed by atoms with Crippen LogP contribution in [0.5, 0.6) is 0 Å². The Kier molecular flexibility index (Phi) is 4.19. The van der Waals surface area contributed by atoms with E-state index in [1.54, 1.807) is 6.20 Å². The lowest BCUT2D eigenvalue weighted by molar-refractivity contribution is 0.0344. The largest absolute Gasteiger partial charge is 0.457 e. The highest BCUT2D eigenvalue weighted by atomic mass is 35.5. The zero-order chi connectivity index (χ0) is 18.4. The normalized spacial score (nSPS) is 17.9. The molecule has 1 saturated heterocycles. The number of pyridine rings is 1. The molecule has 2 aliphatic heterocycles. The summed E-state index contributed by atoms with van der Waals surface area (Å²) >= 11 is 8.01. The van der Waals surface area contributed by atoms with Gasteiger partial charge in [-0.3, -0.25) is 4.98 Å². The molecule has 1 unspecified atom stereocenters. The van der Waals surface area contributed by atoms with Crippen LogP contribution in [0.4, 0.5) is 5.69 Å². The molecule has 0 amide bonds. The van der Waals surface area contributed by atoms with Gasteiger partial charge in [-0.15, -0.1) is 0 Å². The van der Waals surface area contributed by atoms with Crippen LogP contribution in [0.2, 0.25) is 5.02 Å². The zero-order valence-corrected chi connectivity index (χ0v) is 15.9. The van der Waals surface area contributed by atoms with Crippen LogP contribution >= 0.6 is 23.5 Å². The number of aromatic nitrogens is 1. The van der Waals surface area contributed by atoms with E-state index in [4.69, 9.17) is 16.3 Å². The van der Waals surface area contributed by atoms with E-state index in [1.165, 1.54) is 11.9 Å². The number of anilines is 1. The number of carbonyl (C=O) groups is 1. The molecule has 5 rings (SSSR count). The van der Waals surface area contributed by atoms with Crippen molar-refractivity contribution in [1.29, 1.82) is 0 Å². The Morgan fingerprint density at radius 1 is 1.26 bits per heavy atom. The first kappa shape index (κ1) is 16.9. The molecule has 136 valence electrons. The van der Waals surface area contributed by atoms with E-state index in [1.807, 2.05) is 36.4 Å². The van der Waals surface area contributed by atoms with Gasteiger partial charge < -0.3 is 14.8 Å². The maximum absolute atomic E-state index is 12.6. The molecule has 0 saturated carbocycles. The second-order valence-electron chi connectivity index (χ2n) is 6.62. The molecule has 1 fully saturated rings. The molecule has 0 bridgehead atoms. The van der Waals surface area contributed by atoms with Gasteiger partial charge in [-0.05, 0) is 61.3 Å². The van der Waals surface area contributed by atoms with E-state index >= 15 is 0 Å². The topological polar surface area (TPSA) is 63.2 Å². The zero-order valence-electron chi connectivity index (χ0n) is 14.3. The van der Waals surface area contributed by atoms with E-state index in [2.05, 4.69) is 15.0 Å². The first-order chi connectivity index (χ1) is 13.2. The van der Waals surface area contributed by atoms with E-state index in [9.17, 15) is 4.79 Å². The Balaban J connectivity index is 1.58. The quantitative estimate of drug-likeness (QED) is 0.490. The minimum absolute atomic E-state index is 0.0561. The first-order valence-corrected chi connectivity index (χ1v) is 9.96. The number of nitrogens with one attached hydrogen (secondary N) is 2. The third-order valence-corrected chi connectivity index (χ3v) is 6.09. The molecule has 0 radical (unpaired) electrons. The molecule has 2 aliphatic rings. The number of hydrogen-bond acceptors (Lipinski definition) is 6. The fraction of sp³-hybridized carbons (Fsp3) is 0.200. The Labute approximate surface area is 165 Å². The number of benzene rings is 2. The van der Waals surface area contributed by atoms with Crippen LogP contribution in [0.15, 0.2) is 47.5 Å². The Hall–Kier alpha value is -2.28. The summed E-state index contributed by atoms with van der Waals surface area (Å²) in [5.74, 6) is -0.290. The number of ether oxygens (including phenoxy) is 1. The highest BCUT2D eigenvalue weighted by Gasteiger charge is 2.24. The van der Waals surface area contributed by atoms with Gasteiger partial charge in [-0.2, -0.15) is 0 Å². The van der Waals surface area contributed by atoms with Gasteiger partial charge in [-0.1, -0.05) is 11.6 Å². The molecule has 0 aliphatic carbocycles. The van der Waals surface area contributed by atoms with E-state index in [0.717, 1.165) is 45.6 Å². The lowest BCUT2D eigenvalue weighted by atomic mass is 9.99. The van der Waals surface area contributed by atoms with Gasteiger partial charge in [-0.25, -0.2) is 4.79 Å². The smallest absolute Gasteiger partial charge is 0.338 e. The molecule has 7 heteroatoms. The molecule has 3 heterocycles. The minimum Gasteiger partial charge on any atom is -0.457 e. The predicted octanol–water partition coefficient (Wildman–Crippen LogP) is 4.51. The highest BCUT2D eigenvalue weighted by molar-refractivity contribution is 8.00. The molecular formula is C20H16ClN3O2S. The standard InChI is InChI=1S/C20H16ClN3O2S/c21-16-9-15-14-8-11(20(25)26-12-5-7-22-10-12)3-4-17(14)27-24-19(15)18-13(16)2-1-6-23-18/h1-4,6,8-9,12,22,24H,5,7,10H2. The van der Waals surface area contributed by atoms with Crippen molar-refractivity contribution in [3.63, 3.8) is 0 Å². The molecule has 2 N–H and O–H groups in total. The fourth-order valence-electron chi connectivity index (χ4n) is 3.53. The minimum atomic E-state index is -0.290. The van der Waals surface area contributed by atoms with Crippen LogP contribution in [0.25, 0.3) is 22.0 Å². The fourth-order valence-corrected chi connectivity index (χ4v) is 4.62. The van der Waals surface area contributed by atoms with Gasteiger partial charge in [0.2, 0.25) is 0 Å². The van der Waals surface area contributed by atoms with Gasteiger partial charge in [0.05, 0.1) is 21.8 Å². The van der Waals surface area contributed by atoms with Gasteiger partial charge in [0.15, 0.2) is 0 Å². The number of carbonyl (C=O) groups excluding carboxylic acids is 1. The first-order valence-electron chi connectivity index (χ1n) is 8.77. The maximum atomic E-state index is 12.6. The number of nitrogens with zero attached hydrogens (tertiary/aromatic N) is 1. The second kappa shape index (κ2) is 6.71. The monoisotopic (exact) mass is 397 g/mol. The lowest BCUT2D eigenvalue weighted by Crippen LogP contribution is -2.21. The Morgan fingerprint density at radius 3 is 3.04 bits per heavy atom. The molecular weight excluding hydrogens is 382 g/mol. The molecule has 1 atom stereocenters. The molecule has 2 aromatic carbocycles. The van der Waals surface area contributed by atoms with Crippen molar-refractivity contribution in [1.82, 2.24) is 10.3 Å². The second-order valence-corrected chi connectivity index (χ2v) is 7.87. The van der Waals surface area contributed by atoms with Crippen LogP contribution in [0.1, 0.15) is 16.8 Å². The van der Waals surface area contributed by atoms with E-state index in [-0.39, 0.29) is 12.1 Å².